The highest BCUT2D eigenvalue weighted by Gasteiger charge is 2.57. The predicted octanol–water partition coefficient (Wildman–Crippen LogP) is 20.6. The standard InChI is InChI=1S/C39H45N6O4PSi.C21H27ClNOPSi.C21H29NOSi.C18H19N5O3.C6H15N.C5H11NO.Cl3P/c1-5-31-32(21-34(47-31)44-26-42-35-36(40-25-41-37(35)44)43-38(46)27-15-9-6-10-16-27)48-50-45-24-39(2,3)22-30(45)33(49-50)23-51(4,28-17-11-7-12-18-28)29-19-13-8-14-20-29;1-21(2)14-19-20(24-25(22)23(19)16-21)15-26(3,17-10-6-4-7-11-17)18-12-8-5-9-13-18;1-21(2)14-19(22-16-21)20(23)15-24(3,17-10-6-4-7-11-17)18-12-8-5-9-13-18;1-2-13-12(24)8-14(26-13)23-10-21-15-16(19-9-20-17(15)23)22-18(25)11-6-4-3-5-7-11;1-4-7(5-2)6-3;1-6-2-4-7-5-3-6;1-4(2)3/h6-20,25-26,30-34H,5,21-24H2,1-4H3,(H,40,41,43,46);4-13,19-20H,14-16H2,1-3H3;4-13,19-20,22-23H,14-16H2,1-3H3;3-7,9-10,12-14,24H,2,8H2,1H3,(H,19,20,22,25);4-6H2,1-3H3;2-5H2,1H3;/t30-,31+,32?,33+,34+,50?;19-,20+,25?;19-,20+;12?,13-,14-;;;/m0001.../s1. The number of amides is 2. The van der Waals surface area contributed by atoms with Gasteiger partial charge in [-0.15, -0.1) is 0 Å². The number of aliphatic hydroxyl groups is 2. The maximum Gasteiger partial charge on any atom is 0.259 e. The first-order valence-corrected chi connectivity index (χ1v) is 66.5. The van der Waals surface area contributed by atoms with E-state index in [0.717, 1.165) is 89.8 Å². The lowest BCUT2D eigenvalue weighted by atomic mass is 9.89. The topological polar surface area (TPSA) is 266 Å². The van der Waals surface area contributed by atoms with Crippen LogP contribution in [0.15, 0.2) is 268 Å². The Morgan fingerprint density at radius 3 is 1.25 bits per heavy atom. The summed E-state index contributed by atoms with van der Waals surface area (Å²) in [6.07, 6.45) is 10.5. The van der Waals surface area contributed by atoms with E-state index in [1.165, 1.54) is 69.8 Å². The molecule has 0 aliphatic carbocycles. The number of carbonyl (C=O) groups is 2. The number of anilines is 2. The fourth-order valence-electron chi connectivity index (χ4n) is 21.2. The molecule has 145 heavy (non-hydrogen) atoms. The number of morpholine rings is 1. The van der Waals surface area contributed by atoms with E-state index >= 15 is 0 Å². The number of ether oxygens (including phenoxy) is 3. The zero-order valence-corrected chi connectivity index (χ0v) is 95.1. The third kappa shape index (κ3) is 29.2. The van der Waals surface area contributed by atoms with Crippen LogP contribution in [0.2, 0.25) is 37.8 Å². The van der Waals surface area contributed by atoms with Gasteiger partial charge in [-0.1, -0.05) is 379 Å². The molecule has 8 fully saturated rings. The van der Waals surface area contributed by atoms with E-state index in [9.17, 15) is 19.8 Å². The Morgan fingerprint density at radius 1 is 0.510 bits per heavy atom. The van der Waals surface area contributed by atoms with Gasteiger partial charge in [0.15, 0.2) is 39.9 Å². The monoisotopic (exact) mass is 2150 g/mol. The number of imidazole rings is 2. The van der Waals surface area contributed by atoms with Crippen LogP contribution in [0, 0.1) is 16.2 Å². The molecular formula is C110H146Cl4N15O10P3Si3. The number of aromatic nitrogens is 8. The first-order chi connectivity index (χ1) is 69.7. The molecule has 0 bridgehead atoms. The van der Waals surface area contributed by atoms with E-state index < -0.39 is 52.5 Å². The van der Waals surface area contributed by atoms with Gasteiger partial charge in [-0.25, -0.2) is 39.2 Å². The van der Waals surface area contributed by atoms with Crippen LogP contribution in [0.1, 0.15) is 154 Å². The fourth-order valence-corrected chi connectivity index (χ4v) is 37.4. The lowest BCUT2D eigenvalue weighted by Crippen LogP contribution is -2.58. The molecule has 20 rings (SSSR count). The molecule has 35 heteroatoms. The number of halogens is 4. The zero-order chi connectivity index (χ0) is 103. The molecule has 14 atom stereocenters. The van der Waals surface area contributed by atoms with Crippen molar-refractivity contribution in [2.75, 3.05) is 83.3 Å². The van der Waals surface area contributed by atoms with E-state index in [0.29, 0.717) is 75.4 Å². The molecule has 4 unspecified atom stereocenters. The Bertz CT molecular complexity index is 5880. The molecule has 8 aliphatic rings. The normalized spacial score (nSPS) is 23.8. The molecule has 776 valence electrons. The molecule has 25 nitrogen and oxygen atoms in total. The summed E-state index contributed by atoms with van der Waals surface area (Å²) in [6, 6.07) is 87.6. The third-order valence-electron chi connectivity index (χ3n) is 29.4. The second-order valence-electron chi connectivity index (χ2n) is 41.8. The van der Waals surface area contributed by atoms with Gasteiger partial charge < -0.3 is 63.7 Å². The van der Waals surface area contributed by atoms with Crippen LogP contribution >= 0.6 is 67.1 Å². The Labute approximate surface area is 883 Å². The number of rotatable bonds is 26. The van der Waals surface area contributed by atoms with E-state index in [2.05, 4.69) is 343 Å². The maximum absolute atomic E-state index is 12.9. The van der Waals surface area contributed by atoms with Crippen molar-refractivity contribution in [1.29, 1.82) is 0 Å². The molecule has 2 amide bonds. The number of nitrogens with one attached hydrogen (secondary N) is 3. The number of fused-ring (bicyclic) bond motifs is 4. The number of aliphatic hydroxyl groups excluding tert-OH is 2. The molecule has 5 N–H and O–H groups in total. The number of nitrogens with zero attached hydrogens (tertiary/aromatic N) is 12. The third-order valence-corrected chi connectivity index (χ3v) is 46.6. The highest BCUT2D eigenvalue weighted by atomic mass is 36.0. The average Bonchev–Trinajstić information content (AvgIpc) is 1.59. The Balaban J connectivity index is 0.000000151. The van der Waals surface area contributed by atoms with Crippen LogP contribution < -0.4 is 47.1 Å². The largest absolute Gasteiger partial charge is 0.392 e. The quantitative estimate of drug-likeness (QED) is 0.0249. The lowest BCUT2D eigenvalue weighted by molar-refractivity contribution is -0.0183. The van der Waals surface area contributed by atoms with Crippen molar-refractivity contribution in [3.63, 3.8) is 0 Å². The molecule has 8 aromatic carbocycles. The molecule has 4 aromatic heterocycles. The van der Waals surface area contributed by atoms with E-state index in [-0.39, 0.29) is 77.8 Å². The number of benzene rings is 8. The second-order valence-corrected chi connectivity index (χ2v) is 62.9. The molecule has 0 radical (unpaired) electrons. The number of hydrogen-bond donors (Lipinski definition) is 5. The molecular weight excluding hydrogens is 2010 g/mol. The van der Waals surface area contributed by atoms with Gasteiger partial charge in [-0.3, -0.25) is 18.7 Å². The minimum atomic E-state index is -2.15. The van der Waals surface area contributed by atoms with Gasteiger partial charge in [0.2, 0.25) is 7.65 Å². The van der Waals surface area contributed by atoms with Crippen LogP contribution in [0.3, 0.4) is 0 Å². The van der Waals surface area contributed by atoms with E-state index in [1.807, 2.05) is 35.8 Å². The van der Waals surface area contributed by atoms with Crippen molar-refractivity contribution in [2.24, 2.45) is 16.2 Å². The number of carbonyl (C=O) groups excluding carboxylic acids is 2. The van der Waals surface area contributed by atoms with Crippen molar-refractivity contribution < 1.29 is 47.6 Å². The Morgan fingerprint density at radius 2 is 0.883 bits per heavy atom. The molecule has 8 aliphatic heterocycles. The summed E-state index contributed by atoms with van der Waals surface area (Å²) in [5, 5.41) is 38.9. The van der Waals surface area contributed by atoms with Crippen LogP contribution in [-0.4, -0.2) is 238 Å². The van der Waals surface area contributed by atoms with Gasteiger partial charge in [0.05, 0.1) is 68.6 Å². The fraction of sp³-hybridized carbons (Fsp3) is 0.455. The van der Waals surface area contributed by atoms with Gasteiger partial charge in [-0.05, 0) is 129 Å². The van der Waals surface area contributed by atoms with Crippen LogP contribution in [-0.2, 0) is 27.8 Å². The summed E-state index contributed by atoms with van der Waals surface area (Å²) in [6.45, 7) is 42.6. The maximum atomic E-state index is 12.9. The van der Waals surface area contributed by atoms with Crippen LogP contribution in [0.25, 0.3) is 22.3 Å². The molecule has 12 aromatic rings. The summed E-state index contributed by atoms with van der Waals surface area (Å²) in [7, 11) is -6.16. The summed E-state index contributed by atoms with van der Waals surface area (Å²) in [5.74, 6) is -1.02. The first kappa shape index (κ1) is 113. The van der Waals surface area contributed by atoms with Crippen molar-refractivity contribution in [3.8, 4) is 0 Å². The van der Waals surface area contributed by atoms with E-state index in [4.69, 9.17) is 72.7 Å². The summed E-state index contributed by atoms with van der Waals surface area (Å²) in [4.78, 5) is 56.2. The molecule has 0 saturated carbocycles. The Hall–Kier alpha value is -7.62. The van der Waals surface area contributed by atoms with Crippen LogP contribution in [0.5, 0.6) is 0 Å². The van der Waals surface area contributed by atoms with Crippen molar-refractivity contribution in [3.05, 3.63) is 279 Å². The lowest BCUT2D eigenvalue weighted by Gasteiger charge is -2.33. The molecule has 12 heterocycles. The Kier molecular flexibility index (Phi) is 40.8. The zero-order valence-electron chi connectivity index (χ0n) is 86.4. The van der Waals surface area contributed by atoms with Gasteiger partial charge in [0, 0.05) is 74.8 Å². The minimum Gasteiger partial charge on any atom is -0.392 e. The van der Waals surface area contributed by atoms with Crippen LogP contribution in [0.4, 0.5) is 11.6 Å². The van der Waals surface area contributed by atoms with Crippen molar-refractivity contribution in [1.82, 2.24) is 63.5 Å². The van der Waals surface area contributed by atoms with Crippen molar-refractivity contribution >= 4 is 168 Å². The van der Waals surface area contributed by atoms with Crippen molar-refractivity contribution in [2.45, 2.75) is 232 Å². The molecule has 0 spiro atoms. The average molecular weight is 2160 g/mol. The summed E-state index contributed by atoms with van der Waals surface area (Å²) >= 11 is 21.3. The van der Waals surface area contributed by atoms with E-state index in [1.54, 1.807) is 53.6 Å². The summed E-state index contributed by atoms with van der Waals surface area (Å²) < 4.78 is 46.8. The summed E-state index contributed by atoms with van der Waals surface area (Å²) in [5.41, 5.74) is 4.02. The second kappa shape index (κ2) is 52.4. The van der Waals surface area contributed by atoms with Gasteiger partial charge >= 0.3 is 0 Å². The molecule has 8 saturated heterocycles. The minimum absolute atomic E-state index is 0.0759. The smallest absolute Gasteiger partial charge is 0.259 e. The first-order valence-electron chi connectivity index (χ1n) is 51.0. The number of likely N-dealkylation sites (N-methyl/N-ethyl adjacent to an activating group) is 1. The highest BCUT2D eigenvalue weighted by Crippen LogP contribution is 2.64. The highest BCUT2D eigenvalue weighted by molar-refractivity contribution is 8.20. The number of hydrogen-bond acceptors (Lipinski definition) is 21. The van der Waals surface area contributed by atoms with Gasteiger partial charge in [-0.2, -0.15) is 0 Å². The SMILES string of the molecule is CC1(C)CN[C@H]([C@H](O)C[Si](C)(c2ccccc2)c2ccccc2)C1.CC1(C)C[C@H]2[C@@H](C[Si](C)(c3ccccc3)c3ccccc3)OP(Cl)N2C1.CCN(CC)CC.CC[C@H]1O[C@@H](n2cnc3c(NC(=O)c4ccccc4)ncnc32)CC1O.CC[C@H]1O[C@@H](n2cnc3c(NC(=O)c4ccccc4)ncnc32)CC1OP1O[C@H](C[Si](C)(c2ccccc2)c2ccccc2)[C@@H]2CC(C)(C)CN21.CN1CCOCC1.ClP(Cl)Cl. The predicted molar refractivity (Wildman–Crippen MR) is 603 cm³/mol. The van der Waals surface area contributed by atoms with Gasteiger partial charge in [0.1, 0.15) is 49.3 Å². The van der Waals surface area contributed by atoms with Gasteiger partial charge in [0.25, 0.3) is 20.3 Å².